The molecule has 0 aliphatic heterocycles. The van der Waals surface area contributed by atoms with Crippen molar-refractivity contribution in [2.75, 3.05) is 25.0 Å². The van der Waals surface area contributed by atoms with Crippen molar-refractivity contribution in [3.05, 3.63) is 86.9 Å². The van der Waals surface area contributed by atoms with Gasteiger partial charge >= 0.3 is 0 Å². The van der Waals surface area contributed by atoms with Gasteiger partial charge in [0.25, 0.3) is 10.0 Å². The van der Waals surface area contributed by atoms with E-state index in [1.165, 1.54) is 43.3 Å². The van der Waals surface area contributed by atoms with Gasteiger partial charge in [0.1, 0.15) is 18.3 Å². The molecule has 0 heterocycles. The number of halogens is 3. The summed E-state index contributed by atoms with van der Waals surface area (Å²) in [6.07, 6.45) is 0.249. The molecule has 12 heteroatoms. The summed E-state index contributed by atoms with van der Waals surface area (Å²) in [4.78, 5) is 28.2. The van der Waals surface area contributed by atoms with Gasteiger partial charge in [0.2, 0.25) is 11.8 Å². The minimum atomic E-state index is -4.30. The van der Waals surface area contributed by atoms with E-state index in [4.69, 9.17) is 39.5 Å². The number of ether oxygens (including phenoxy) is 1. The van der Waals surface area contributed by atoms with Gasteiger partial charge < -0.3 is 15.0 Å². The third kappa shape index (κ3) is 7.01. The maximum absolute atomic E-state index is 14.1. The van der Waals surface area contributed by atoms with E-state index in [9.17, 15) is 18.0 Å². The van der Waals surface area contributed by atoms with Gasteiger partial charge in [-0.05, 0) is 55.8 Å². The Labute approximate surface area is 249 Å². The Bertz CT molecular complexity index is 1460. The summed E-state index contributed by atoms with van der Waals surface area (Å²) in [7, 11) is -1.46. The number of hydrogen-bond acceptors (Lipinski definition) is 5. The molecule has 40 heavy (non-hydrogen) atoms. The van der Waals surface area contributed by atoms with Crippen LogP contribution < -0.4 is 14.4 Å². The standard InChI is InChI=1S/C28H30Cl3N3O5S/c1-5-24(28(36)32-3)33(16-21-22(30)7-6-8-23(21)31)27(35)17-34(25-15-19(29)11-14-26(25)39-4)40(37,38)20-12-9-18(2)10-13-20/h6-15,24H,5,16-17H2,1-4H3,(H,32,36). The van der Waals surface area contributed by atoms with Gasteiger partial charge in [-0.15, -0.1) is 0 Å². The van der Waals surface area contributed by atoms with Crippen LogP contribution in [0.25, 0.3) is 0 Å². The smallest absolute Gasteiger partial charge is 0.264 e. The lowest BCUT2D eigenvalue weighted by molar-refractivity contribution is -0.140. The van der Waals surface area contributed by atoms with Crippen LogP contribution in [0.15, 0.2) is 65.6 Å². The molecule has 0 aliphatic rings. The SMILES string of the molecule is CCC(C(=O)NC)N(Cc1c(Cl)cccc1Cl)C(=O)CN(c1cc(Cl)ccc1OC)S(=O)(=O)c1ccc(C)cc1. The number of sulfonamides is 1. The summed E-state index contributed by atoms with van der Waals surface area (Å²) in [5, 5.41) is 3.42. The van der Waals surface area contributed by atoms with Crippen molar-refractivity contribution in [1.29, 1.82) is 0 Å². The highest BCUT2D eigenvalue weighted by atomic mass is 35.5. The Morgan fingerprint density at radius 1 is 1.00 bits per heavy atom. The molecule has 8 nitrogen and oxygen atoms in total. The number of anilines is 1. The van der Waals surface area contributed by atoms with Crippen LogP contribution in [0.2, 0.25) is 15.1 Å². The van der Waals surface area contributed by atoms with Crippen molar-refractivity contribution in [2.45, 2.75) is 37.8 Å². The molecule has 3 aromatic rings. The Morgan fingerprint density at radius 2 is 1.62 bits per heavy atom. The van der Waals surface area contributed by atoms with Gasteiger partial charge in [-0.1, -0.05) is 65.5 Å². The van der Waals surface area contributed by atoms with Crippen LogP contribution in [-0.4, -0.2) is 51.9 Å². The first-order valence-corrected chi connectivity index (χ1v) is 14.9. The second-order valence-electron chi connectivity index (χ2n) is 8.90. The van der Waals surface area contributed by atoms with Crippen LogP contribution >= 0.6 is 34.8 Å². The molecule has 2 amide bonds. The van der Waals surface area contributed by atoms with Crippen molar-refractivity contribution < 1.29 is 22.7 Å². The number of benzene rings is 3. The number of carbonyl (C=O) groups is 2. The number of carbonyl (C=O) groups excluding carboxylic acids is 2. The molecule has 0 saturated carbocycles. The molecule has 1 unspecified atom stereocenters. The van der Waals surface area contributed by atoms with Gasteiger partial charge in [-0.2, -0.15) is 0 Å². The molecule has 1 N–H and O–H groups in total. The van der Waals surface area contributed by atoms with Crippen molar-refractivity contribution in [3.63, 3.8) is 0 Å². The van der Waals surface area contributed by atoms with Gasteiger partial charge in [0.05, 0.1) is 17.7 Å². The fourth-order valence-electron chi connectivity index (χ4n) is 4.15. The first-order chi connectivity index (χ1) is 18.9. The molecular weight excluding hydrogens is 597 g/mol. The Morgan fingerprint density at radius 3 is 2.17 bits per heavy atom. The molecule has 0 aliphatic carbocycles. The summed E-state index contributed by atoms with van der Waals surface area (Å²) in [5.41, 5.74) is 1.35. The highest BCUT2D eigenvalue weighted by molar-refractivity contribution is 7.92. The summed E-state index contributed by atoms with van der Waals surface area (Å²) in [6, 6.07) is 14.7. The summed E-state index contributed by atoms with van der Waals surface area (Å²) in [5.74, 6) is -0.900. The summed E-state index contributed by atoms with van der Waals surface area (Å²) in [6.45, 7) is 2.78. The van der Waals surface area contributed by atoms with E-state index in [2.05, 4.69) is 5.32 Å². The Balaban J connectivity index is 2.17. The van der Waals surface area contributed by atoms with Crippen molar-refractivity contribution in [3.8, 4) is 5.75 Å². The minimum absolute atomic E-state index is 0.0352. The maximum Gasteiger partial charge on any atom is 0.264 e. The van der Waals surface area contributed by atoms with Crippen molar-refractivity contribution in [1.82, 2.24) is 10.2 Å². The van der Waals surface area contributed by atoms with E-state index in [1.54, 1.807) is 43.3 Å². The first-order valence-electron chi connectivity index (χ1n) is 12.3. The van der Waals surface area contributed by atoms with E-state index < -0.39 is 34.4 Å². The summed E-state index contributed by atoms with van der Waals surface area (Å²) < 4.78 is 34.4. The van der Waals surface area contributed by atoms with Crippen molar-refractivity contribution >= 4 is 62.3 Å². The van der Waals surface area contributed by atoms with Crippen LogP contribution in [0.4, 0.5) is 5.69 Å². The van der Waals surface area contributed by atoms with E-state index >= 15 is 0 Å². The first kappa shape index (κ1) is 31.5. The number of amides is 2. The van der Waals surface area contributed by atoms with Crippen LogP contribution in [0.5, 0.6) is 5.75 Å². The molecule has 1 atom stereocenters. The molecule has 214 valence electrons. The number of hydrogen-bond donors (Lipinski definition) is 1. The lowest BCUT2D eigenvalue weighted by Gasteiger charge is -2.33. The molecular formula is C28H30Cl3N3O5S. The number of methoxy groups -OCH3 is 1. The van der Waals surface area contributed by atoms with Crippen LogP contribution in [0.3, 0.4) is 0 Å². The molecule has 0 fully saturated rings. The van der Waals surface area contributed by atoms with E-state index in [0.717, 1.165) is 9.87 Å². The van der Waals surface area contributed by atoms with E-state index in [0.29, 0.717) is 15.6 Å². The van der Waals surface area contributed by atoms with Gasteiger partial charge in [0, 0.05) is 34.2 Å². The second kappa shape index (κ2) is 13.6. The van der Waals surface area contributed by atoms with Gasteiger partial charge in [-0.3, -0.25) is 13.9 Å². The number of nitrogens with one attached hydrogen (secondary N) is 1. The van der Waals surface area contributed by atoms with E-state index in [1.807, 2.05) is 6.92 Å². The number of nitrogens with zero attached hydrogens (tertiary/aromatic N) is 2. The highest BCUT2D eigenvalue weighted by Crippen LogP contribution is 2.35. The molecule has 0 spiro atoms. The zero-order valence-corrected chi connectivity index (χ0v) is 25.5. The molecule has 0 saturated heterocycles. The fraction of sp³-hybridized carbons (Fsp3) is 0.286. The van der Waals surface area contributed by atoms with Crippen LogP contribution in [-0.2, 0) is 26.2 Å². The predicted molar refractivity (Wildman–Crippen MR) is 159 cm³/mol. The summed E-state index contributed by atoms with van der Waals surface area (Å²) >= 11 is 19.1. The Kier molecular flexibility index (Phi) is 10.7. The molecule has 0 aromatic heterocycles. The number of rotatable bonds is 11. The van der Waals surface area contributed by atoms with Gasteiger partial charge in [-0.25, -0.2) is 8.42 Å². The normalized spacial score (nSPS) is 12.0. The monoisotopic (exact) mass is 625 g/mol. The Hall–Kier alpha value is -2.98. The molecule has 0 radical (unpaired) electrons. The lowest BCUT2D eigenvalue weighted by atomic mass is 10.1. The largest absolute Gasteiger partial charge is 0.495 e. The average Bonchev–Trinajstić information content (AvgIpc) is 2.92. The number of aryl methyl sites for hydroxylation is 1. The number of likely N-dealkylation sites (N-methyl/N-ethyl adjacent to an activating group) is 1. The molecule has 3 aromatic carbocycles. The molecule has 0 bridgehead atoms. The maximum atomic E-state index is 14.1. The van der Waals surface area contributed by atoms with Crippen LogP contribution in [0, 0.1) is 6.92 Å². The zero-order valence-electron chi connectivity index (χ0n) is 22.4. The molecule has 3 rings (SSSR count). The highest BCUT2D eigenvalue weighted by Gasteiger charge is 2.35. The average molecular weight is 627 g/mol. The quantitative estimate of drug-likeness (QED) is 0.294. The minimum Gasteiger partial charge on any atom is -0.495 e. The zero-order chi connectivity index (χ0) is 29.6. The third-order valence-corrected chi connectivity index (χ3v) is 9.04. The predicted octanol–water partition coefficient (Wildman–Crippen LogP) is 5.71. The van der Waals surface area contributed by atoms with E-state index in [-0.39, 0.29) is 34.3 Å². The van der Waals surface area contributed by atoms with Crippen molar-refractivity contribution in [2.24, 2.45) is 0 Å². The van der Waals surface area contributed by atoms with Crippen LogP contribution in [0.1, 0.15) is 24.5 Å². The lowest BCUT2D eigenvalue weighted by Crippen LogP contribution is -2.51. The second-order valence-corrected chi connectivity index (χ2v) is 12.0. The third-order valence-electron chi connectivity index (χ3n) is 6.32. The van der Waals surface area contributed by atoms with Gasteiger partial charge in [0.15, 0.2) is 0 Å². The fourth-order valence-corrected chi connectivity index (χ4v) is 6.25. The topological polar surface area (TPSA) is 96.0 Å².